The first-order valence-corrected chi connectivity index (χ1v) is 8.78. The zero-order valence-corrected chi connectivity index (χ0v) is 13.8. The molecule has 9 heteroatoms. The van der Waals surface area contributed by atoms with Gasteiger partial charge < -0.3 is 5.32 Å². The van der Waals surface area contributed by atoms with Gasteiger partial charge in [-0.2, -0.15) is 0 Å². The molecule has 0 atom stereocenters. The van der Waals surface area contributed by atoms with Gasteiger partial charge in [0, 0.05) is 19.6 Å². The summed E-state index contributed by atoms with van der Waals surface area (Å²) in [7, 11) is 0. The molecule has 7 nitrogen and oxygen atoms in total. The first-order chi connectivity index (χ1) is 11.1. The Labute approximate surface area is 140 Å². The number of thioether (sulfide) groups is 1. The average Bonchev–Trinajstić information content (AvgIpc) is 3.17. The van der Waals surface area contributed by atoms with Gasteiger partial charge in [0.1, 0.15) is 4.70 Å². The van der Waals surface area contributed by atoms with Gasteiger partial charge in [0.15, 0.2) is 5.16 Å². The highest BCUT2D eigenvalue weighted by molar-refractivity contribution is 7.99. The van der Waals surface area contributed by atoms with E-state index >= 15 is 0 Å². The number of imide groups is 1. The maximum absolute atomic E-state index is 12.5. The zero-order valence-electron chi connectivity index (χ0n) is 12.2. The minimum Gasteiger partial charge on any atom is -0.336 e. The zero-order chi connectivity index (χ0) is 16.4. The predicted octanol–water partition coefficient (Wildman–Crippen LogP) is 1.29. The van der Waals surface area contributed by atoms with Crippen molar-refractivity contribution >= 4 is 45.3 Å². The highest BCUT2D eigenvalue weighted by atomic mass is 32.2. The van der Waals surface area contributed by atoms with Crippen LogP contribution >= 0.6 is 23.1 Å². The van der Waals surface area contributed by atoms with Crippen LogP contribution in [0.5, 0.6) is 0 Å². The Morgan fingerprint density at radius 2 is 2.35 bits per heavy atom. The summed E-state index contributed by atoms with van der Waals surface area (Å²) < 4.78 is 2.08. The third-order valence-electron chi connectivity index (χ3n) is 3.33. The Kier molecular flexibility index (Phi) is 4.49. The molecule has 0 spiro atoms. The third-order valence-corrected chi connectivity index (χ3v) is 5.18. The van der Waals surface area contributed by atoms with Crippen molar-refractivity contribution in [2.45, 2.75) is 11.7 Å². The van der Waals surface area contributed by atoms with Crippen LogP contribution in [-0.4, -0.2) is 45.2 Å². The van der Waals surface area contributed by atoms with E-state index < -0.39 is 0 Å². The van der Waals surface area contributed by atoms with Crippen LogP contribution in [0.1, 0.15) is 0 Å². The van der Waals surface area contributed by atoms with Gasteiger partial charge in [0.05, 0.1) is 11.3 Å². The normalized spacial score (nSPS) is 14.3. The Morgan fingerprint density at radius 3 is 3.04 bits per heavy atom. The Balaban J connectivity index is 1.85. The van der Waals surface area contributed by atoms with Crippen LogP contribution in [0.25, 0.3) is 10.2 Å². The SMILES string of the molecule is C=CCn1c(SCC(=O)N2CCNC2=O)nc2ccsc2c1=O. The smallest absolute Gasteiger partial charge is 0.324 e. The first kappa shape index (κ1) is 15.8. The molecule has 0 radical (unpaired) electrons. The Hall–Kier alpha value is -2.13. The van der Waals surface area contributed by atoms with Gasteiger partial charge in [-0.25, -0.2) is 9.78 Å². The van der Waals surface area contributed by atoms with Crippen LogP contribution in [0, 0.1) is 0 Å². The summed E-state index contributed by atoms with van der Waals surface area (Å²) in [5.74, 6) is -0.248. The summed E-state index contributed by atoms with van der Waals surface area (Å²) in [5, 5.41) is 4.85. The van der Waals surface area contributed by atoms with E-state index in [0.29, 0.717) is 35.0 Å². The highest BCUT2D eigenvalue weighted by Crippen LogP contribution is 2.21. The van der Waals surface area contributed by atoms with Crippen molar-refractivity contribution < 1.29 is 9.59 Å². The van der Waals surface area contributed by atoms with E-state index in [1.165, 1.54) is 20.8 Å². The number of urea groups is 1. The first-order valence-electron chi connectivity index (χ1n) is 6.91. The van der Waals surface area contributed by atoms with Crippen LogP contribution in [-0.2, 0) is 11.3 Å². The molecule has 2 aromatic rings. The van der Waals surface area contributed by atoms with E-state index in [1.54, 1.807) is 12.1 Å². The van der Waals surface area contributed by atoms with E-state index in [4.69, 9.17) is 0 Å². The Bertz CT molecular complexity index is 842. The number of hydrogen-bond acceptors (Lipinski definition) is 6. The number of hydrogen-bond donors (Lipinski definition) is 1. The number of nitrogens with one attached hydrogen (secondary N) is 1. The number of allylic oxidation sites excluding steroid dienone is 1. The molecule has 3 heterocycles. The largest absolute Gasteiger partial charge is 0.336 e. The van der Waals surface area contributed by atoms with Crippen LogP contribution in [0.4, 0.5) is 4.79 Å². The van der Waals surface area contributed by atoms with E-state index in [1.807, 2.05) is 5.38 Å². The maximum Gasteiger partial charge on any atom is 0.324 e. The second-order valence-electron chi connectivity index (χ2n) is 4.80. The molecule has 3 rings (SSSR count). The molecule has 0 saturated carbocycles. The lowest BCUT2D eigenvalue weighted by Crippen LogP contribution is -2.35. The molecule has 1 fully saturated rings. The molecular weight excluding hydrogens is 336 g/mol. The van der Waals surface area contributed by atoms with Crippen molar-refractivity contribution in [1.82, 2.24) is 19.8 Å². The summed E-state index contributed by atoms with van der Waals surface area (Å²) in [4.78, 5) is 41.7. The van der Waals surface area contributed by atoms with Crippen molar-refractivity contribution in [3.05, 3.63) is 34.5 Å². The number of carbonyl (C=O) groups excluding carboxylic acids is 2. The molecular formula is C14H14N4O3S2. The van der Waals surface area contributed by atoms with E-state index in [-0.39, 0.29) is 23.3 Å². The molecule has 0 aliphatic carbocycles. The highest BCUT2D eigenvalue weighted by Gasteiger charge is 2.26. The van der Waals surface area contributed by atoms with E-state index in [2.05, 4.69) is 16.9 Å². The fourth-order valence-electron chi connectivity index (χ4n) is 2.24. The van der Waals surface area contributed by atoms with E-state index in [9.17, 15) is 14.4 Å². The van der Waals surface area contributed by atoms with Crippen molar-refractivity contribution in [3.8, 4) is 0 Å². The maximum atomic E-state index is 12.5. The lowest BCUT2D eigenvalue weighted by atomic mass is 10.4. The average molecular weight is 350 g/mol. The minimum atomic E-state index is -0.375. The molecule has 3 amide bonds. The van der Waals surface area contributed by atoms with Crippen LogP contribution in [0.3, 0.4) is 0 Å². The molecule has 120 valence electrons. The fourth-order valence-corrected chi connectivity index (χ4v) is 3.90. The molecule has 23 heavy (non-hydrogen) atoms. The second kappa shape index (κ2) is 6.55. The molecule has 1 saturated heterocycles. The number of aromatic nitrogens is 2. The summed E-state index contributed by atoms with van der Waals surface area (Å²) in [6.07, 6.45) is 1.61. The van der Waals surface area contributed by atoms with Gasteiger partial charge in [0.25, 0.3) is 5.56 Å². The molecule has 2 aromatic heterocycles. The summed E-state index contributed by atoms with van der Waals surface area (Å²) in [5.41, 5.74) is 0.480. The predicted molar refractivity (Wildman–Crippen MR) is 89.9 cm³/mol. The minimum absolute atomic E-state index is 0.0483. The van der Waals surface area contributed by atoms with Gasteiger partial charge in [-0.05, 0) is 11.4 Å². The summed E-state index contributed by atoms with van der Waals surface area (Å²) in [6.45, 7) is 4.81. The van der Waals surface area contributed by atoms with Crippen LogP contribution in [0.2, 0.25) is 0 Å². The van der Waals surface area contributed by atoms with Crippen molar-refractivity contribution in [1.29, 1.82) is 0 Å². The number of carbonyl (C=O) groups is 2. The van der Waals surface area contributed by atoms with Crippen LogP contribution in [0.15, 0.2) is 34.1 Å². The molecule has 1 N–H and O–H groups in total. The molecule has 1 aliphatic heterocycles. The van der Waals surface area contributed by atoms with Crippen molar-refractivity contribution in [2.24, 2.45) is 0 Å². The molecule has 0 aromatic carbocycles. The molecule has 0 bridgehead atoms. The third kappa shape index (κ3) is 3.02. The lowest BCUT2D eigenvalue weighted by Gasteiger charge is -2.13. The van der Waals surface area contributed by atoms with Gasteiger partial charge >= 0.3 is 6.03 Å². The quantitative estimate of drug-likeness (QED) is 0.499. The number of nitrogens with zero attached hydrogens (tertiary/aromatic N) is 3. The standard InChI is InChI=1S/C14H14N4O3S2/c1-2-5-18-12(20)11-9(3-7-22-11)16-14(18)23-8-10(19)17-6-4-15-13(17)21/h2-3,7H,1,4-6,8H2,(H,15,21). The molecule has 1 aliphatic rings. The van der Waals surface area contributed by atoms with Gasteiger partial charge in [-0.15, -0.1) is 17.9 Å². The lowest BCUT2D eigenvalue weighted by molar-refractivity contribution is -0.124. The van der Waals surface area contributed by atoms with E-state index in [0.717, 1.165) is 11.8 Å². The van der Waals surface area contributed by atoms with Crippen LogP contribution < -0.4 is 10.9 Å². The number of thiophene rings is 1. The number of fused-ring (bicyclic) bond motifs is 1. The summed E-state index contributed by atoms with van der Waals surface area (Å²) >= 11 is 2.49. The van der Waals surface area contributed by atoms with Gasteiger partial charge in [0.2, 0.25) is 5.91 Å². The summed E-state index contributed by atoms with van der Waals surface area (Å²) in [6, 6.07) is 1.40. The fraction of sp³-hybridized carbons (Fsp3) is 0.286. The Morgan fingerprint density at radius 1 is 1.52 bits per heavy atom. The number of amides is 3. The second-order valence-corrected chi connectivity index (χ2v) is 6.66. The van der Waals surface area contributed by atoms with Gasteiger partial charge in [-0.3, -0.25) is 19.1 Å². The topological polar surface area (TPSA) is 84.3 Å². The van der Waals surface area contributed by atoms with Crippen molar-refractivity contribution in [2.75, 3.05) is 18.8 Å². The van der Waals surface area contributed by atoms with Crippen molar-refractivity contribution in [3.63, 3.8) is 0 Å². The monoisotopic (exact) mass is 350 g/mol. The number of rotatable bonds is 5. The van der Waals surface area contributed by atoms with Gasteiger partial charge in [-0.1, -0.05) is 17.8 Å². The molecule has 0 unspecified atom stereocenters.